The maximum absolute atomic E-state index is 13.6. The van der Waals surface area contributed by atoms with Crippen molar-refractivity contribution in [3.05, 3.63) is 82.6 Å². The van der Waals surface area contributed by atoms with E-state index in [1.165, 1.54) is 28.2 Å². The van der Waals surface area contributed by atoms with E-state index in [0.717, 1.165) is 31.7 Å². The molecule has 7 heteroatoms. The van der Waals surface area contributed by atoms with Crippen LogP contribution in [0.1, 0.15) is 26.6 Å². The quantitative estimate of drug-likeness (QED) is 0.363. The molecular formula is C23H18N4OS2. The Kier molecular flexibility index (Phi) is 4.77. The van der Waals surface area contributed by atoms with Gasteiger partial charge in [0, 0.05) is 6.20 Å². The molecule has 2 aromatic carbocycles. The van der Waals surface area contributed by atoms with Crippen molar-refractivity contribution in [1.29, 1.82) is 0 Å². The highest BCUT2D eigenvalue weighted by atomic mass is 32.1. The molecule has 0 radical (unpaired) electrons. The third-order valence-electron chi connectivity index (χ3n) is 4.82. The van der Waals surface area contributed by atoms with Crippen LogP contribution in [0.15, 0.2) is 60.8 Å². The summed E-state index contributed by atoms with van der Waals surface area (Å²) in [5, 5.41) is 1.12. The standard InChI is InChI=1S/C23H18N4OS2/c1-14-11-15(2)20-19(12-14)30-23(26-20)27(13-16-7-5-6-10-24-16)22(28)21-25-17-8-3-4-9-18(17)29-21/h3-12H,13H2,1-2H3. The fraction of sp³-hybridized carbons (Fsp3) is 0.130. The van der Waals surface area contributed by atoms with Crippen molar-refractivity contribution in [2.24, 2.45) is 0 Å². The maximum atomic E-state index is 13.6. The van der Waals surface area contributed by atoms with Crippen molar-refractivity contribution in [2.75, 3.05) is 4.90 Å². The lowest BCUT2D eigenvalue weighted by Crippen LogP contribution is -2.30. The number of carbonyl (C=O) groups is 1. The first-order chi connectivity index (χ1) is 14.6. The third kappa shape index (κ3) is 3.46. The van der Waals surface area contributed by atoms with Crippen LogP contribution in [0.2, 0.25) is 0 Å². The fourth-order valence-corrected chi connectivity index (χ4v) is 5.49. The molecule has 30 heavy (non-hydrogen) atoms. The summed E-state index contributed by atoms with van der Waals surface area (Å²) in [7, 11) is 0. The van der Waals surface area contributed by atoms with Gasteiger partial charge in [-0.15, -0.1) is 11.3 Å². The molecular weight excluding hydrogens is 412 g/mol. The molecule has 148 valence electrons. The highest BCUT2D eigenvalue weighted by Gasteiger charge is 2.25. The highest BCUT2D eigenvalue weighted by molar-refractivity contribution is 7.23. The number of hydrogen-bond donors (Lipinski definition) is 0. The van der Waals surface area contributed by atoms with Gasteiger partial charge < -0.3 is 0 Å². The Bertz CT molecular complexity index is 1340. The summed E-state index contributed by atoms with van der Waals surface area (Å²) in [4.78, 5) is 29.1. The minimum absolute atomic E-state index is 0.157. The second kappa shape index (κ2) is 7.59. The molecule has 0 atom stereocenters. The van der Waals surface area contributed by atoms with Gasteiger partial charge in [-0.2, -0.15) is 0 Å². The first-order valence-electron chi connectivity index (χ1n) is 9.53. The number of benzene rings is 2. The van der Waals surface area contributed by atoms with Gasteiger partial charge in [0.2, 0.25) is 0 Å². The van der Waals surface area contributed by atoms with E-state index < -0.39 is 0 Å². The zero-order valence-electron chi connectivity index (χ0n) is 16.5. The molecule has 5 aromatic rings. The van der Waals surface area contributed by atoms with Crippen molar-refractivity contribution in [2.45, 2.75) is 20.4 Å². The van der Waals surface area contributed by atoms with Crippen molar-refractivity contribution in [3.8, 4) is 0 Å². The normalized spacial score (nSPS) is 11.3. The molecule has 0 aliphatic heterocycles. The second-order valence-electron chi connectivity index (χ2n) is 7.12. The van der Waals surface area contributed by atoms with Crippen molar-refractivity contribution >= 4 is 54.1 Å². The molecule has 0 aliphatic carbocycles. The predicted octanol–water partition coefficient (Wildman–Crippen LogP) is 5.76. The van der Waals surface area contributed by atoms with E-state index in [-0.39, 0.29) is 5.91 Å². The van der Waals surface area contributed by atoms with Crippen LogP contribution in [0, 0.1) is 13.8 Å². The molecule has 0 bridgehead atoms. The number of anilines is 1. The van der Waals surface area contributed by atoms with Gasteiger partial charge in [0.25, 0.3) is 5.91 Å². The Balaban J connectivity index is 1.61. The summed E-state index contributed by atoms with van der Waals surface area (Å²) >= 11 is 2.93. The molecule has 0 fully saturated rings. The zero-order valence-corrected chi connectivity index (χ0v) is 18.1. The van der Waals surface area contributed by atoms with Crippen LogP contribution in [-0.4, -0.2) is 20.9 Å². The molecule has 0 saturated carbocycles. The number of aryl methyl sites for hydroxylation is 2. The largest absolute Gasteiger partial charge is 0.289 e. The van der Waals surface area contributed by atoms with Crippen LogP contribution in [0.25, 0.3) is 20.4 Å². The summed E-state index contributed by atoms with van der Waals surface area (Å²) in [6.45, 7) is 4.47. The topological polar surface area (TPSA) is 59.0 Å². The van der Waals surface area contributed by atoms with E-state index in [0.29, 0.717) is 16.7 Å². The van der Waals surface area contributed by atoms with E-state index in [4.69, 9.17) is 4.98 Å². The number of aromatic nitrogens is 3. The maximum Gasteiger partial charge on any atom is 0.289 e. The van der Waals surface area contributed by atoms with E-state index >= 15 is 0 Å². The summed E-state index contributed by atoms with van der Waals surface area (Å²) < 4.78 is 2.07. The van der Waals surface area contributed by atoms with E-state index in [1.807, 2.05) is 42.5 Å². The molecule has 0 aliphatic rings. The van der Waals surface area contributed by atoms with Crippen LogP contribution in [-0.2, 0) is 6.54 Å². The van der Waals surface area contributed by atoms with Gasteiger partial charge in [0.1, 0.15) is 0 Å². The number of hydrogen-bond acceptors (Lipinski definition) is 6. The van der Waals surface area contributed by atoms with Crippen molar-refractivity contribution in [3.63, 3.8) is 0 Å². The Morgan fingerprint density at radius 1 is 0.967 bits per heavy atom. The molecule has 0 spiro atoms. The van der Waals surface area contributed by atoms with E-state index in [9.17, 15) is 4.79 Å². The summed E-state index contributed by atoms with van der Waals surface area (Å²) in [6, 6.07) is 17.7. The number of amides is 1. The van der Waals surface area contributed by atoms with Gasteiger partial charge in [-0.3, -0.25) is 14.7 Å². The number of para-hydroxylation sites is 1. The lowest BCUT2D eigenvalue weighted by atomic mass is 10.1. The molecule has 3 aromatic heterocycles. The highest BCUT2D eigenvalue weighted by Crippen LogP contribution is 2.34. The number of pyridine rings is 1. The average molecular weight is 431 g/mol. The van der Waals surface area contributed by atoms with Crippen LogP contribution in [0.5, 0.6) is 0 Å². The van der Waals surface area contributed by atoms with Gasteiger partial charge in [-0.25, -0.2) is 9.97 Å². The van der Waals surface area contributed by atoms with Crippen LogP contribution in [0.4, 0.5) is 5.13 Å². The molecule has 5 rings (SSSR count). The zero-order chi connectivity index (χ0) is 20.7. The van der Waals surface area contributed by atoms with Crippen LogP contribution >= 0.6 is 22.7 Å². The number of carbonyl (C=O) groups excluding carboxylic acids is 1. The second-order valence-corrected chi connectivity index (χ2v) is 9.16. The number of thiazole rings is 2. The van der Waals surface area contributed by atoms with Crippen molar-refractivity contribution in [1.82, 2.24) is 15.0 Å². The SMILES string of the molecule is Cc1cc(C)c2nc(N(Cc3ccccn3)C(=O)c3nc4ccccc4s3)sc2c1. The minimum Gasteiger partial charge on any atom is -0.276 e. The van der Waals surface area contributed by atoms with E-state index in [1.54, 1.807) is 11.1 Å². The Hall–Kier alpha value is -3.16. The molecule has 0 saturated heterocycles. The Labute approximate surface area is 181 Å². The molecule has 0 unspecified atom stereocenters. The molecule has 1 amide bonds. The minimum atomic E-state index is -0.157. The molecule has 0 N–H and O–H groups in total. The molecule has 3 heterocycles. The van der Waals surface area contributed by atoms with E-state index in [2.05, 4.69) is 35.9 Å². The third-order valence-corrected chi connectivity index (χ3v) is 6.87. The van der Waals surface area contributed by atoms with Crippen LogP contribution in [0.3, 0.4) is 0 Å². The van der Waals surface area contributed by atoms with Gasteiger partial charge in [0.05, 0.1) is 32.7 Å². The van der Waals surface area contributed by atoms with Gasteiger partial charge >= 0.3 is 0 Å². The number of fused-ring (bicyclic) bond motifs is 2. The lowest BCUT2D eigenvalue weighted by molar-refractivity contribution is 0.0984. The van der Waals surface area contributed by atoms with Gasteiger partial charge in [0.15, 0.2) is 10.1 Å². The summed E-state index contributed by atoms with van der Waals surface area (Å²) in [6.07, 6.45) is 1.74. The first kappa shape index (κ1) is 18.8. The first-order valence-corrected chi connectivity index (χ1v) is 11.2. The summed E-state index contributed by atoms with van der Waals surface area (Å²) in [5.74, 6) is -0.157. The fourth-order valence-electron chi connectivity index (χ4n) is 3.43. The van der Waals surface area contributed by atoms with Gasteiger partial charge in [-0.1, -0.05) is 35.6 Å². The Morgan fingerprint density at radius 3 is 2.60 bits per heavy atom. The lowest BCUT2D eigenvalue weighted by Gasteiger charge is -2.18. The van der Waals surface area contributed by atoms with Crippen LogP contribution < -0.4 is 4.90 Å². The number of rotatable bonds is 4. The van der Waals surface area contributed by atoms with Crippen molar-refractivity contribution < 1.29 is 4.79 Å². The Morgan fingerprint density at radius 2 is 1.80 bits per heavy atom. The smallest absolute Gasteiger partial charge is 0.276 e. The average Bonchev–Trinajstić information content (AvgIpc) is 3.36. The monoisotopic (exact) mass is 430 g/mol. The molecule has 5 nitrogen and oxygen atoms in total. The van der Waals surface area contributed by atoms with Gasteiger partial charge in [-0.05, 0) is 55.3 Å². The predicted molar refractivity (Wildman–Crippen MR) is 123 cm³/mol. The number of nitrogens with zero attached hydrogens (tertiary/aromatic N) is 4. The summed E-state index contributed by atoms with van der Waals surface area (Å²) in [5.41, 5.74) is 4.86.